The van der Waals surface area contributed by atoms with Gasteiger partial charge in [-0.1, -0.05) is 18.2 Å². The van der Waals surface area contributed by atoms with Crippen molar-refractivity contribution in [1.82, 2.24) is 5.32 Å². The van der Waals surface area contributed by atoms with E-state index in [0.717, 1.165) is 16.8 Å². The van der Waals surface area contributed by atoms with Crippen LogP contribution in [0.25, 0.3) is 11.8 Å². The van der Waals surface area contributed by atoms with Crippen molar-refractivity contribution in [3.8, 4) is 5.75 Å². The van der Waals surface area contributed by atoms with E-state index in [1.807, 2.05) is 36.2 Å². The Kier molecular flexibility index (Phi) is 5.08. The first-order chi connectivity index (χ1) is 12.4. The van der Waals surface area contributed by atoms with Crippen LogP contribution in [0.5, 0.6) is 5.75 Å². The van der Waals surface area contributed by atoms with Gasteiger partial charge in [-0.2, -0.15) is 0 Å². The normalized spacial score (nSPS) is 13.5. The van der Waals surface area contributed by atoms with Crippen LogP contribution in [0.3, 0.4) is 0 Å². The van der Waals surface area contributed by atoms with Crippen molar-refractivity contribution < 1.29 is 23.0 Å². The summed E-state index contributed by atoms with van der Waals surface area (Å²) >= 11 is 0. The predicted molar refractivity (Wildman–Crippen MR) is 94.6 cm³/mol. The number of nitrogens with zero attached hydrogens (tertiary/aromatic N) is 1. The number of aliphatic hydroxyl groups excluding tert-OH is 1. The molecule has 0 fully saturated rings. The number of aliphatic hydroxyl groups is 1. The van der Waals surface area contributed by atoms with E-state index in [2.05, 4.69) is 10.1 Å². The fourth-order valence-corrected chi connectivity index (χ4v) is 2.88. The number of para-hydroxylation sites is 1. The SMILES string of the molecule is CN(CCO)c1ccc2c(c1)CNC(c1ccccc1OC(F)(F)F)=C2. The molecule has 7 heteroatoms. The third kappa shape index (κ3) is 4.11. The summed E-state index contributed by atoms with van der Waals surface area (Å²) < 4.78 is 42.0. The number of hydrogen-bond acceptors (Lipinski definition) is 4. The standard InChI is InChI=1S/C19H19F3N2O2/c1-24(8-9-25)15-7-6-13-11-17(23-12-14(13)10-15)16-4-2-3-5-18(16)26-19(20,21)22/h2-7,10-11,23,25H,8-9,12H2,1H3. The molecule has 0 amide bonds. The molecule has 2 aromatic carbocycles. The molecule has 1 aliphatic rings. The van der Waals surface area contributed by atoms with Crippen molar-refractivity contribution in [3.05, 3.63) is 59.2 Å². The van der Waals surface area contributed by atoms with Crippen LogP contribution >= 0.6 is 0 Å². The number of anilines is 1. The molecule has 3 rings (SSSR count). The monoisotopic (exact) mass is 364 g/mol. The number of benzene rings is 2. The Morgan fingerprint density at radius 1 is 1.19 bits per heavy atom. The highest BCUT2D eigenvalue weighted by atomic mass is 19.4. The summed E-state index contributed by atoms with van der Waals surface area (Å²) in [6.07, 6.45) is -2.93. The molecule has 138 valence electrons. The smallest absolute Gasteiger partial charge is 0.405 e. The molecule has 0 spiro atoms. The van der Waals surface area contributed by atoms with E-state index in [1.54, 1.807) is 12.1 Å². The number of hydrogen-bond donors (Lipinski definition) is 2. The Hall–Kier alpha value is -2.67. The zero-order valence-electron chi connectivity index (χ0n) is 14.2. The van der Waals surface area contributed by atoms with Crippen molar-refractivity contribution in [2.24, 2.45) is 0 Å². The van der Waals surface area contributed by atoms with Crippen LogP contribution in [0.15, 0.2) is 42.5 Å². The highest BCUT2D eigenvalue weighted by Gasteiger charge is 2.32. The molecule has 2 aromatic rings. The van der Waals surface area contributed by atoms with Gasteiger partial charge >= 0.3 is 6.36 Å². The number of halogens is 3. The Morgan fingerprint density at radius 3 is 2.69 bits per heavy atom. The minimum Gasteiger partial charge on any atom is -0.405 e. The molecule has 1 heterocycles. The number of fused-ring (bicyclic) bond motifs is 1. The maximum absolute atomic E-state index is 12.6. The lowest BCUT2D eigenvalue weighted by atomic mass is 9.98. The second-order valence-electron chi connectivity index (χ2n) is 5.98. The van der Waals surface area contributed by atoms with E-state index in [0.29, 0.717) is 24.4 Å². The molecule has 0 unspecified atom stereocenters. The molecule has 2 N–H and O–H groups in total. The van der Waals surface area contributed by atoms with Crippen molar-refractivity contribution in [2.45, 2.75) is 12.9 Å². The van der Waals surface area contributed by atoms with E-state index >= 15 is 0 Å². The molecule has 0 aromatic heterocycles. The van der Waals surface area contributed by atoms with E-state index < -0.39 is 6.36 Å². The molecule has 26 heavy (non-hydrogen) atoms. The van der Waals surface area contributed by atoms with Crippen LogP contribution in [-0.2, 0) is 6.54 Å². The van der Waals surface area contributed by atoms with Crippen LogP contribution in [-0.4, -0.2) is 31.7 Å². The number of likely N-dealkylation sites (N-methyl/N-ethyl adjacent to an activating group) is 1. The van der Waals surface area contributed by atoms with Crippen LogP contribution in [0.2, 0.25) is 0 Å². The topological polar surface area (TPSA) is 44.7 Å². The average molecular weight is 364 g/mol. The Labute approximate surface area is 149 Å². The summed E-state index contributed by atoms with van der Waals surface area (Å²) in [6, 6.07) is 11.9. The van der Waals surface area contributed by atoms with Gasteiger partial charge in [-0.05, 0) is 41.5 Å². The number of ether oxygens (including phenoxy) is 1. The van der Waals surface area contributed by atoms with Gasteiger partial charge in [0.2, 0.25) is 0 Å². The van der Waals surface area contributed by atoms with Gasteiger partial charge in [0.25, 0.3) is 0 Å². The van der Waals surface area contributed by atoms with Gasteiger partial charge in [0.1, 0.15) is 5.75 Å². The quantitative estimate of drug-likeness (QED) is 0.851. The second kappa shape index (κ2) is 7.29. The summed E-state index contributed by atoms with van der Waals surface area (Å²) in [5.74, 6) is -0.235. The second-order valence-corrected chi connectivity index (χ2v) is 5.98. The van der Waals surface area contributed by atoms with E-state index in [1.165, 1.54) is 12.1 Å². The average Bonchev–Trinajstić information content (AvgIpc) is 2.60. The van der Waals surface area contributed by atoms with Crippen molar-refractivity contribution in [3.63, 3.8) is 0 Å². The number of nitrogens with one attached hydrogen (secondary N) is 1. The molecule has 0 radical (unpaired) electrons. The predicted octanol–water partition coefficient (Wildman–Crippen LogP) is 3.62. The minimum absolute atomic E-state index is 0.0614. The van der Waals surface area contributed by atoms with E-state index in [-0.39, 0.29) is 12.4 Å². The summed E-state index contributed by atoms with van der Waals surface area (Å²) in [5.41, 5.74) is 3.87. The molecule has 0 atom stereocenters. The maximum Gasteiger partial charge on any atom is 0.573 e. The summed E-state index contributed by atoms with van der Waals surface area (Å²) in [6.45, 7) is 1.07. The first-order valence-corrected chi connectivity index (χ1v) is 8.13. The van der Waals surface area contributed by atoms with E-state index in [9.17, 15) is 13.2 Å². The molecular formula is C19H19F3N2O2. The van der Waals surface area contributed by atoms with Crippen LogP contribution < -0.4 is 15.0 Å². The summed E-state index contributed by atoms with van der Waals surface area (Å²) in [7, 11) is 1.89. The van der Waals surface area contributed by atoms with Crippen LogP contribution in [0.1, 0.15) is 16.7 Å². The third-order valence-electron chi connectivity index (χ3n) is 4.17. The van der Waals surface area contributed by atoms with Gasteiger partial charge < -0.3 is 20.1 Å². The number of rotatable bonds is 5. The van der Waals surface area contributed by atoms with Gasteiger partial charge in [0.05, 0.1) is 6.61 Å². The fourth-order valence-electron chi connectivity index (χ4n) is 2.88. The first kappa shape index (κ1) is 18.1. The highest BCUT2D eigenvalue weighted by Crippen LogP contribution is 2.33. The van der Waals surface area contributed by atoms with Gasteiger partial charge in [0.15, 0.2) is 0 Å². The molecule has 0 bridgehead atoms. The van der Waals surface area contributed by atoms with Crippen LogP contribution in [0, 0.1) is 0 Å². The van der Waals surface area contributed by atoms with E-state index in [4.69, 9.17) is 5.11 Å². The summed E-state index contributed by atoms with van der Waals surface area (Å²) in [5, 5.41) is 12.2. The largest absolute Gasteiger partial charge is 0.573 e. The van der Waals surface area contributed by atoms with Gasteiger partial charge in [-0.15, -0.1) is 13.2 Å². The summed E-state index contributed by atoms with van der Waals surface area (Å²) in [4.78, 5) is 1.94. The third-order valence-corrected chi connectivity index (χ3v) is 4.17. The Bertz CT molecular complexity index is 819. The molecule has 0 saturated carbocycles. The van der Waals surface area contributed by atoms with Crippen molar-refractivity contribution in [2.75, 3.05) is 25.1 Å². The molecule has 0 aliphatic carbocycles. The van der Waals surface area contributed by atoms with Gasteiger partial charge in [-0.3, -0.25) is 0 Å². The van der Waals surface area contributed by atoms with Crippen LogP contribution in [0.4, 0.5) is 18.9 Å². The first-order valence-electron chi connectivity index (χ1n) is 8.13. The molecule has 0 saturated heterocycles. The molecule has 4 nitrogen and oxygen atoms in total. The Morgan fingerprint density at radius 2 is 1.96 bits per heavy atom. The fraction of sp³-hybridized carbons (Fsp3) is 0.263. The number of alkyl halides is 3. The Balaban J connectivity index is 1.91. The molecule has 1 aliphatic heterocycles. The van der Waals surface area contributed by atoms with Gasteiger partial charge in [-0.25, -0.2) is 0 Å². The lowest BCUT2D eigenvalue weighted by molar-refractivity contribution is -0.274. The minimum atomic E-state index is -4.74. The molecular weight excluding hydrogens is 345 g/mol. The maximum atomic E-state index is 12.6. The highest BCUT2D eigenvalue weighted by molar-refractivity contribution is 5.85. The lowest BCUT2D eigenvalue weighted by Gasteiger charge is -2.24. The zero-order valence-corrected chi connectivity index (χ0v) is 14.2. The van der Waals surface area contributed by atoms with Crippen molar-refractivity contribution in [1.29, 1.82) is 0 Å². The lowest BCUT2D eigenvalue weighted by Crippen LogP contribution is -2.23. The van der Waals surface area contributed by atoms with Gasteiger partial charge in [0, 0.05) is 37.1 Å². The van der Waals surface area contributed by atoms with Crippen molar-refractivity contribution >= 4 is 17.5 Å². The zero-order chi connectivity index (χ0) is 18.7.